The molecule has 4 rings (SSSR count). The fourth-order valence-electron chi connectivity index (χ4n) is 3.99. The van der Waals surface area contributed by atoms with Crippen molar-refractivity contribution in [1.82, 2.24) is 15.4 Å². The van der Waals surface area contributed by atoms with Crippen molar-refractivity contribution in [3.05, 3.63) is 102 Å². The van der Waals surface area contributed by atoms with Crippen LogP contribution in [-0.4, -0.2) is 47.2 Å². The predicted octanol–water partition coefficient (Wildman–Crippen LogP) is 4.25. The highest BCUT2D eigenvalue weighted by atomic mass is 16.7. The molecule has 0 radical (unpaired) electrons. The first kappa shape index (κ1) is 24.7. The van der Waals surface area contributed by atoms with Gasteiger partial charge in [-0.1, -0.05) is 66.7 Å². The maximum atomic E-state index is 12.9. The van der Waals surface area contributed by atoms with Gasteiger partial charge >= 0.3 is 5.97 Å². The van der Waals surface area contributed by atoms with Gasteiger partial charge in [-0.2, -0.15) is 0 Å². The lowest BCUT2D eigenvalue weighted by molar-refractivity contribution is -0.193. The first-order valence-electron chi connectivity index (χ1n) is 11.4. The maximum Gasteiger partial charge on any atom is 0.347 e. The van der Waals surface area contributed by atoms with Gasteiger partial charge in [0.15, 0.2) is 17.2 Å². The minimum absolute atomic E-state index is 0.103. The Hall–Kier alpha value is -4.43. The molecular formula is C28H27N3O5. The molecule has 0 saturated carbocycles. The van der Waals surface area contributed by atoms with Gasteiger partial charge < -0.3 is 20.0 Å². The standard InChI is InChI=1S/C28H27N3O5/c1-18(30-27(33)24-26(32)23(35-3)15-16-29-24)28(34)36-31(2)25(20-10-5-4-6-11-20)22-14-13-19-9-7-8-12-21(19)17-22/h4-18,25,32H,1-3H3,(H,30,33). The summed E-state index contributed by atoms with van der Waals surface area (Å²) in [6, 6.07) is 23.9. The van der Waals surface area contributed by atoms with Crippen LogP contribution in [0, 0.1) is 0 Å². The first-order valence-corrected chi connectivity index (χ1v) is 11.4. The van der Waals surface area contributed by atoms with Crippen molar-refractivity contribution in [1.29, 1.82) is 0 Å². The molecular weight excluding hydrogens is 458 g/mol. The lowest BCUT2D eigenvalue weighted by atomic mass is 9.96. The van der Waals surface area contributed by atoms with E-state index in [1.807, 2.05) is 66.7 Å². The molecule has 4 aromatic rings. The number of pyridine rings is 1. The summed E-state index contributed by atoms with van der Waals surface area (Å²) in [6.07, 6.45) is 1.33. The number of amides is 1. The summed E-state index contributed by atoms with van der Waals surface area (Å²) >= 11 is 0. The number of benzene rings is 3. The van der Waals surface area contributed by atoms with Crippen molar-refractivity contribution in [2.75, 3.05) is 14.2 Å². The van der Waals surface area contributed by atoms with Gasteiger partial charge in [0, 0.05) is 19.3 Å². The first-order chi connectivity index (χ1) is 17.4. The molecule has 0 aliphatic carbocycles. The van der Waals surface area contributed by atoms with Crippen LogP contribution in [0.5, 0.6) is 11.5 Å². The second kappa shape index (κ2) is 10.9. The molecule has 0 spiro atoms. The number of fused-ring (bicyclic) bond motifs is 1. The van der Waals surface area contributed by atoms with Crippen molar-refractivity contribution < 1.29 is 24.3 Å². The van der Waals surface area contributed by atoms with Crippen LogP contribution in [0.15, 0.2) is 85.1 Å². The third-order valence-corrected chi connectivity index (χ3v) is 5.83. The number of aromatic nitrogens is 1. The van der Waals surface area contributed by atoms with Gasteiger partial charge in [-0.05, 0) is 34.9 Å². The topological polar surface area (TPSA) is 101 Å². The van der Waals surface area contributed by atoms with Crippen molar-refractivity contribution in [2.45, 2.75) is 19.0 Å². The molecule has 8 nitrogen and oxygen atoms in total. The molecule has 36 heavy (non-hydrogen) atoms. The Morgan fingerprint density at radius 2 is 1.64 bits per heavy atom. The van der Waals surface area contributed by atoms with Crippen molar-refractivity contribution >= 4 is 22.6 Å². The number of hydrogen-bond acceptors (Lipinski definition) is 7. The van der Waals surface area contributed by atoms with E-state index in [1.54, 1.807) is 7.05 Å². The van der Waals surface area contributed by atoms with E-state index in [-0.39, 0.29) is 17.5 Å². The van der Waals surface area contributed by atoms with Gasteiger partial charge in [0.25, 0.3) is 5.91 Å². The maximum absolute atomic E-state index is 12.9. The third kappa shape index (κ3) is 5.29. The second-order valence-electron chi connectivity index (χ2n) is 8.28. The van der Waals surface area contributed by atoms with Gasteiger partial charge in [-0.25, -0.2) is 9.78 Å². The average Bonchev–Trinajstić information content (AvgIpc) is 2.89. The Balaban J connectivity index is 1.53. The van der Waals surface area contributed by atoms with Gasteiger partial charge in [0.05, 0.1) is 13.2 Å². The van der Waals surface area contributed by atoms with Crippen LogP contribution in [-0.2, 0) is 9.63 Å². The highest BCUT2D eigenvalue weighted by Gasteiger charge is 2.27. The van der Waals surface area contributed by atoms with E-state index in [4.69, 9.17) is 9.57 Å². The molecule has 1 aromatic heterocycles. The quantitative estimate of drug-likeness (QED) is 0.360. The van der Waals surface area contributed by atoms with Crippen LogP contribution in [0.3, 0.4) is 0 Å². The summed E-state index contributed by atoms with van der Waals surface area (Å²) in [4.78, 5) is 35.1. The number of hydroxylamine groups is 2. The molecule has 2 atom stereocenters. The van der Waals surface area contributed by atoms with Crippen molar-refractivity contribution in [3.8, 4) is 11.5 Å². The zero-order chi connectivity index (χ0) is 25.7. The number of carbonyl (C=O) groups excluding carboxylic acids is 2. The Morgan fingerprint density at radius 3 is 2.36 bits per heavy atom. The molecule has 8 heteroatoms. The molecule has 2 unspecified atom stereocenters. The van der Waals surface area contributed by atoms with E-state index in [1.165, 1.54) is 31.4 Å². The Kier molecular flexibility index (Phi) is 7.46. The highest BCUT2D eigenvalue weighted by molar-refractivity contribution is 5.97. The number of rotatable bonds is 8. The summed E-state index contributed by atoms with van der Waals surface area (Å²) < 4.78 is 5.01. The normalized spacial score (nSPS) is 12.7. The lowest BCUT2D eigenvalue weighted by Gasteiger charge is -2.28. The molecule has 1 amide bonds. The zero-order valence-corrected chi connectivity index (χ0v) is 20.2. The van der Waals surface area contributed by atoms with Crippen molar-refractivity contribution in [2.24, 2.45) is 0 Å². The molecule has 0 aliphatic heterocycles. The summed E-state index contributed by atoms with van der Waals surface area (Å²) in [7, 11) is 3.04. The van der Waals surface area contributed by atoms with Crippen LogP contribution in [0.25, 0.3) is 10.8 Å². The van der Waals surface area contributed by atoms with Gasteiger partial charge in [0.1, 0.15) is 6.04 Å². The molecule has 0 saturated heterocycles. The monoisotopic (exact) mass is 485 g/mol. The fourth-order valence-corrected chi connectivity index (χ4v) is 3.99. The van der Waals surface area contributed by atoms with E-state index in [2.05, 4.69) is 16.4 Å². The molecule has 1 heterocycles. The van der Waals surface area contributed by atoms with Crippen LogP contribution < -0.4 is 10.1 Å². The number of aromatic hydroxyl groups is 1. The smallest absolute Gasteiger partial charge is 0.347 e. The Labute approximate surface area is 209 Å². The van der Waals surface area contributed by atoms with Crippen LogP contribution in [0.1, 0.15) is 34.6 Å². The van der Waals surface area contributed by atoms with E-state index >= 15 is 0 Å². The molecule has 3 aromatic carbocycles. The molecule has 0 bridgehead atoms. The summed E-state index contributed by atoms with van der Waals surface area (Å²) in [5.74, 6) is -1.70. The summed E-state index contributed by atoms with van der Waals surface area (Å²) in [6.45, 7) is 1.50. The van der Waals surface area contributed by atoms with E-state index < -0.39 is 23.7 Å². The van der Waals surface area contributed by atoms with Crippen LogP contribution in [0.2, 0.25) is 0 Å². The third-order valence-electron chi connectivity index (χ3n) is 5.83. The largest absolute Gasteiger partial charge is 0.503 e. The number of methoxy groups -OCH3 is 1. The van der Waals surface area contributed by atoms with Crippen LogP contribution >= 0.6 is 0 Å². The van der Waals surface area contributed by atoms with Crippen LogP contribution in [0.4, 0.5) is 0 Å². The molecule has 2 N–H and O–H groups in total. The van der Waals surface area contributed by atoms with Gasteiger partial charge in [0.2, 0.25) is 0 Å². The van der Waals surface area contributed by atoms with E-state index in [0.717, 1.165) is 21.9 Å². The Bertz CT molecular complexity index is 1380. The minimum Gasteiger partial charge on any atom is -0.503 e. The number of carbonyl (C=O) groups is 2. The summed E-state index contributed by atoms with van der Waals surface area (Å²) in [5.41, 5.74) is 1.63. The number of nitrogens with one attached hydrogen (secondary N) is 1. The van der Waals surface area contributed by atoms with Gasteiger partial charge in [-0.15, -0.1) is 5.06 Å². The highest BCUT2D eigenvalue weighted by Crippen LogP contribution is 2.31. The van der Waals surface area contributed by atoms with E-state index in [0.29, 0.717) is 0 Å². The Morgan fingerprint density at radius 1 is 0.944 bits per heavy atom. The zero-order valence-electron chi connectivity index (χ0n) is 20.2. The molecule has 0 fully saturated rings. The summed E-state index contributed by atoms with van der Waals surface area (Å²) in [5, 5.41) is 16.4. The number of nitrogens with zero attached hydrogens (tertiary/aromatic N) is 2. The van der Waals surface area contributed by atoms with E-state index in [9.17, 15) is 14.7 Å². The molecule has 184 valence electrons. The molecule has 0 aliphatic rings. The minimum atomic E-state index is -1.01. The SMILES string of the molecule is COc1ccnc(C(=O)NC(C)C(=O)ON(C)C(c2ccccc2)c2ccc3ccccc3c2)c1O. The second-order valence-corrected chi connectivity index (χ2v) is 8.28. The average molecular weight is 486 g/mol. The van der Waals surface area contributed by atoms with Gasteiger partial charge in [-0.3, -0.25) is 4.79 Å². The number of hydrogen-bond donors (Lipinski definition) is 2. The fraction of sp³-hybridized carbons (Fsp3) is 0.179. The lowest BCUT2D eigenvalue weighted by Crippen LogP contribution is -2.42. The number of ether oxygens (including phenoxy) is 1. The van der Waals surface area contributed by atoms with Crippen molar-refractivity contribution in [3.63, 3.8) is 0 Å². The predicted molar refractivity (Wildman–Crippen MR) is 135 cm³/mol.